The summed E-state index contributed by atoms with van der Waals surface area (Å²) in [7, 11) is 2.18. The summed E-state index contributed by atoms with van der Waals surface area (Å²) in [6.07, 6.45) is 7.17. The number of aromatic amines is 1. The molecule has 1 aliphatic heterocycles. The molecule has 4 heteroatoms. The lowest BCUT2D eigenvalue weighted by atomic mass is 9.87. The molecule has 2 N–H and O–H groups in total. The zero-order chi connectivity index (χ0) is 12.5. The Bertz CT molecular complexity index is 395. The molecule has 1 aromatic heterocycles. The number of H-pyrrole nitrogens is 1. The molecule has 1 aliphatic carbocycles. The number of rotatable bonds is 2. The van der Waals surface area contributed by atoms with Crippen LogP contribution in [0.2, 0.25) is 0 Å². The highest BCUT2D eigenvalue weighted by Gasteiger charge is 2.26. The van der Waals surface area contributed by atoms with Crippen molar-refractivity contribution in [1.29, 1.82) is 0 Å². The molecule has 1 saturated heterocycles. The van der Waals surface area contributed by atoms with Gasteiger partial charge in [0.25, 0.3) is 0 Å². The van der Waals surface area contributed by atoms with E-state index in [9.17, 15) is 5.11 Å². The Morgan fingerprint density at radius 3 is 2.67 bits per heavy atom. The molecule has 18 heavy (non-hydrogen) atoms. The van der Waals surface area contributed by atoms with Gasteiger partial charge in [0.2, 0.25) is 0 Å². The molecule has 100 valence electrons. The number of aliphatic hydroxyl groups is 1. The summed E-state index contributed by atoms with van der Waals surface area (Å²) in [5.74, 6) is 2.30. The van der Waals surface area contributed by atoms with Crippen LogP contribution in [-0.4, -0.2) is 46.2 Å². The third kappa shape index (κ3) is 2.45. The molecule has 1 atom stereocenters. The smallest absolute Gasteiger partial charge is 0.109 e. The maximum absolute atomic E-state index is 9.54. The molecule has 1 unspecified atom stereocenters. The number of likely N-dealkylation sites (N-methyl/N-ethyl adjacent to an activating group) is 1. The number of nitrogens with one attached hydrogen (secondary N) is 1. The van der Waals surface area contributed by atoms with Gasteiger partial charge in [0, 0.05) is 30.3 Å². The van der Waals surface area contributed by atoms with Gasteiger partial charge in [-0.2, -0.15) is 0 Å². The summed E-state index contributed by atoms with van der Waals surface area (Å²) >= 11 is 0. The molecule has 3 rings (SSSR count). The van der Waals surface area contributed by atoms with Crippen LogP contribution in [0, 0.1) is 0 Å². The fourth-order valence-corrected chi connectivity index (χ4v) is 3.30. The Morgan fingerprint density at radius 1 is 1.22 bits per heavy atom. The minimum atomic E-state index is -0.0841. The molecule has 2 heterocycles. The van der Waals surface area contributed by atoms with Crippen molar-refractivity contribution in [2.45, 2.75) is 50.0 Å². The molecule has 0 amide bonds. The first-order valence-corrected chi connectivity index (χ1v) is 7.14. The van der Waals surface area contributed by atoms with E-state index < -0.39 is 0 Å². The molecule has 0 aromatic carbocycles. The van der Waals surface area contributed by atoms with Crippen LogP contribution in [0.15, 0.2) is 6.20 Å². The molecule has 2 aliphatic rings. The number of aliphatic hydroxyl groups excluding tert-OH is 1. The van der Waals surface area contributed by atoms with E-state index in [0.29, 0.717) is 11.8 Å². The Balaban J connectivity index is 1.66. The van der Waals surface area contributed by atoms with Crippen molar-refractivity contribution in [1.82, 2.24) is 14.9 Å². The monoisotopic (exact) mass is 249 g/mol. The van der Waals surface area contributed by atoms with E-state index in [1.165, 1.54) is 18.7 Å². The summed E-state index contributed by atoms with van der Waals surface area (Å²) in [5.41, 5.74) is 1.31. The lowest BCUT2D eigenvalue weighted by Gasteiger charge is -2.23. The Morgan fingerprint density at radius 2 is 2.00 bits per heavy atom. The fraction of sp³-hybridized carbons (Fsp3) is 0.786. The first-order chi connectivity index (χ1) is 8.72. The highest BCUT2D eigenvalue weighted by Crippen LogP contribution is 2.32. The summed E-state index contributed by atoms with van der Waals surface area (Å²) in [4.78, 5) is 10.5. The van der Waals surface area contributed by atoms with Gasteiger partial charge in [-0.05, 0) is 45.7 Å². The highest BCUT2D eigenvalue weighted by molar-refractivity contribution is 5.13. The second-order valence-electron chi connectivity index (χ2n) is 5.98. The van der Waals surface area contributed by atoms with Crippen molar-refractivity contribution in [3.05, 3.63) is 17.7 Å². The van der Waals surface area contributed by atoms with Gasteiger partial charge in [0.1, 0.15) is 5.82 Å². The van der Waals surface area contributed by atoms with Crippen molar-refractivity contribution in [2.24, 2.45) is 0 Å². The van der Waals surface area contributed by atoms with Crippen LogP contribution in [0.4, 0.5) is 0 Å². The number of hydrogen-bond acceptors (Lipinski definition) is 3. The van der Waals surface area contributed by atoms with Crippen LogP contribution < -0.4 is 0 Å². The molecular formula is C14H23N3O. The average Bonchev–Trinajstić information content (AvgIpc) is 2.98. The van der Waals surface area contributed by atoms with Crippen molar-refractivity contribution in [2.75, 3.05) is 20.1 Å². The number of aromatic nitrogens is 2. The summed E-state index contributed by atoms with van der Waals surface area (Å²) < 4.78 is 0. The topological polar surface area (TPSA) is 52.1 Å². The van der Waals surface area contributed by atoms with Crippen LogP contribution in [0.3, 0.4) is 0 Å². The molecule has 2 fully saturated rings. The van der Waals surface area contributed by atoms with Crippen LogP contribution in [0.5, 0.6) is 0 Å². The predicted octanol–water partition coefficient (Wildman–Crippen LogP) is 1.85. The van der Waals surface area contributed by atoms with Gasteiger partial charge >= 0.3 is 0 Å². The maximum atomic E-state index is 9.54. The first kappa shape index (κ1) is 12.2. The van der Waals surface area contributed by atoms with E-state index in [2.05, 4.69) is 21.9 Å². The van der Waals surface area contributed by atoms with Gasteiger partial charge in [0.05, 0.1) is 6.10 Å². The molecule has 1 aromatic rings. The molecule has 0 spiro atoms. The van der Waals surface area contributed by atoms with E-state index in [1.807, 2.05) is 6.20 Å². The average molecular weight is 249 g/mol. The minimum Gasteiger partial charge on any atom is -0.393 e. The second-order valence-corrected chi connectivity index (χ2v) is 5.98. The third-order valence-electron chi connectivity index (χ3n) is 4.53. The van der Waals surface area contributed by atoms with Gasteiger partial charge in [0.15, 0.2) is 0 Å². The first-order valence-electron chi connectivity index (χ1n) is 7.14. The zero-order valence-electron chi connectivity index (χ0n) is 11.1. The number of hydrogen-bond donors (Lipinski definition) is 2. The van der Waals surface area contributed by atoms with Crippen molar-refractivity contribution < 1.29 is 5.11 Å². The minimum absolute atomic E-state index is 0.0841. The van der Waals surface area contributed by atoms with Crippen molar-refractivity contribution in [3.63, 3.8) is 0 Å². The van der Waals surface area contributed by atoms with Gasteiger partial charge < -0.3 is 15.0 Å². The van der Waals surface area contributed by atoms with Gasteiger partial charge in [-0.25, -0.2) is 4.98 Å². The summed E-state index contributed by atoms with van der Waals surface area (Å²) in [6, 6.07) is 0. The van der Waals surface area contributed by atoms with Crippen molar-refractivity contribution in [3.8, 4) is 0 Å². The quantitative estimate of drug-likeness (QED) is 0.841. The summed E-state index contributed by atoms with van der Waals surface area (Å²) in [5, 5.41) is 9.54. The lowest BCUT2D eigenvalue weighted by Crippen LogP contribution is -2.17. The Hall–Kier alpha value is -0.870. The van der Waals surface area contributed by atoms with Gasteiger partial charge in [-0.15, -0.1) is 0 Å². The van der Waals surface area contributed by atoms with E-state index >= 15 is 0 Å². The van der Waals surface area contributed by atoms with E-state index in [-0.39, 0.29) is 6.10 Å². The van der Waals surface area contributed by atoms with Gasteiger partial charge in [-0.3, -0.25) is 0 Å². The lowest BCUT2D eigenvalue weighted by molar-refractivity contribution is 0.121. The Kier molecular flexibility index (Phi) is 3.39. The van der Waals surface area contributed by atoms with Crippen LogP contribution >= 0.6 is 0 Å². The van der Waals surface area contributed by atoms with E-state index in [4.69, 9.17) is 0 Å². The highest BCUT2D eigenvalue weighted by atomic mass is 16.3. The van der Waals surface area contributed by atoms with Crippen LogP contribution in [0.1, 0.15) is 55.5 Å². The molecule has 1 saturated carbocycles. The second kappa shape index (κ2) is 5.02. The maximum Gasteiger partial charge on any atom is 0.109 e. The molecule has 0 bridgehead atoms. The zero-order valence-corrected chi connectivity index (χ0v) is 11.1. The number of likely N-dealkylation sites (tertiary alicyclic amines) is 1. The predicted molar refractivity (Wildman–Crippen MR) is 70.7 cm³/mol. The van der Waals surface area contributed by atoms with Gasteiger partial charge in [-0.1, -0.05) is 0 Å². The van der Waals surface area contributed by atoms with Crippen LogP contribution in [0.25, 0.3) is 0 Å². The fourth-order valence-electron chi connectivity index (χ4n) is 3.30. The largest absolute Gasteiger partial charge is 0.393 e. The molecular weight excluding hydrogens is 226 g/mol. The molecule has 4 nitrogen and oxygen atoms in total. The van der Waals surface area contributed by atoms with E-state index in [1.54, 1.807) is 0 Å². The number of nitrogens with zero attached hydrogens (tertiary/aromatic N) is 2. The standard InChI is InChI=1S/C14H23N3O/c1-17-7-6-11(9-17)13-8-15-14(16-13)10-2-4-12(18)5-3-10/h8,10-12,18H,2-7,9H2,1H3,(H,15,16). The van der Waals surface area contributed by atoms with E-state index in [0.717, 1.165) is 38.1 Å². The van der Waals surface area contributed by atoms with Crippen LogP contribution in [-0.2, 0) is 0 Å². The molecule has 0 radical (unpaired) electrons. The SMILES string of the molecule is CN1CCC(c2cnc(C3CCC(O)CC3)[nH]2)C1. The third-order valence-corrected chi connectivity index (χ3v) is 4.53. The number of imidazole rings is 1. The Labute approximate surface area is 108 Å². The normalized spacial score (nSPS) is 34.0. The van der Waals surface area contributed by atoms with Crippen molar-refractivity contribution >= 4 is 0 Å². The summed E-state index contributed by atoms with van der Waals surface area (Å²) in [6.45, 7) is 2.33.